The van der Waals surface area contributed by atoms with Crippen LogP contribution < -0.4 is 10.6 Å². The van der Waals surface area contributed by atoms with Crippen LogP contribution in [0.1, 0.15) is 24.8 Å². The van der Waals surface area contributed by atoms with E-state index in [2.05, 4.69) is 22.8 Å². The topological polar surface area (TPSA) is 37.2 Å². The quantitative estimate of drug-likeness (QED) is 0.810. The van der Waals surface area contributed by atoms with Crippen molar-refractivity contribution in [3.63, 3.8) is 0 Å². The van der Waals surface area contributed by atoms with Crippen molar-refractivity contribution in [3.05, 3.63) is 36.1 Å². The minimum atomic E-state index is 0.849. The first-order chi connectivity index (χ1) is 9.43. The zero-order valence-corrected chi connectivity index (χ0v) is 11.3. The Kier molecular flexibility index (Phi) is 4.16. The number of furan rings is 1. The molecule has 3 nitrogen and oxygen atoms in total. The first-order valence-electron chi connectivity index (χ1n) is 7.30. The lowest BCUT2D eigenvalue weighted by Crippen LogP contribution is -2.31. The summed E-state index contributed by atoms with van der Waals surface area (Å²) in [6.45, 7) is 4.38. The van der Waals surface area contributed by atoms with Gasteiger partial charge in [-0.3, -0.25) is 0 Å². The van der Waals surface area contributed by atoms with Crippen molar-refractivity contribution in [2.75, 3.05) is 19.6 Å². The third kappa shape index (κ3) is 3.17. The molecule has 0 bridgehead atoms. The molecule has 2 N–H and O–H groups in total. The Labute approximate surface area is 114 Å². The Bertz CT molecular complexity index is 514. The highest BCUT2D eigenvalue weighted by Crippen LogP contribution is 2.20. The molecule has 1 aliphatic heterocycles. The highest BCUT2D eigenvalue weighted by atomic mass is 16.3. The number of nitrogens with one attached hydrogen (secondary N) is 2. The van der Waals surface area contributed by atoms with Crippen LogP contribution in [0.5, 0.6) is 0 Å². The summed E-state index contributed by atoms with van der Waals surface area (Å²) in [6.07, 6.45) is 5.85. The van der Waals surface area contributed by atoms with Gasteiger partial charge in [-0.25, -0.2) is 0 Å². The summed E-state index contributed by atoms with van der Waals surface area (Å²) >= 11 is 0. The Morgan fingerprint density at radius 1 is 1.32 bits per heavy atom. The van der Waals surface area contributed by atoms with Crippen molar-refractivity contribution in [2.24, 2.45) is 5.92 Å². The van der Waals surface area contributed by atoms with E-state index >= 15 is 0 Å². The second kappa shape index (κ2) is 6.22. The second-order valence-corrected chi connectivity index (χ2v) is 5.43. The summed E-state index contributed by atoms with van der Waals surface area (Å²) in [5, 5.41) is 8.24. The van der Waals surface area contributed by atoms with Crippen LogP contribution in [-0.4, -0.2) is 19.6 Å². The van der Waals surface area contributed by atoms with E-state index in [1.807, 2.05) is 18.4 Å². The molecule has 102 valence electrons. The smallest absolute Gasteiger partial charge is 0.134 e. The normalized spacial score (nSPS) is 19.9. The van der Waals surface area contributed by atoms with Gasteiger partial charge in [-0.1, -0.05) is 18.2 Å². The van der Waals surface area contributed by atoms with Crippen molar-refractivity contribution in [1.29, 1.82) is 0 Å². The van der Waals surface area contributed by atoms with Crippen LogP contribution >= 0.6 is 0 Å². The van der Waals surface area contributed by atoms with Gasteiger partial charge in [0.25, 0.3) is 0 Å². The van der Waals surface area contributed by atoms with Gasteiger partial charge in [0.15, 0.2) is 0 Å². The first kappa shape index (κ1) is 12.7. The van der Waals surface area contributed by atoms with Crippen molar-refractivity contribution < 1.29 is 4.42 Å². The van der Waals surface area contributed by atoms with Crippen molar-refractivity contribution in [2.45, 2.75) is 25.8 Å². The molecule has 0 aliphatic carbocycles. The largest absolute Gasteiger partial charge is 0.464 e. The minimum absolute atomic E-state index is 0.849. The van der Waals surface area contributed by atoms with Crippen LogP contribution in [-0.2, 0) is 6.54 Å². The molecule has 1 atom stereocenters. The van der Waals surface area contributed by atoms with E-state index in [0.717, 1.165) is 24.6 Å². The first-order valence-corrected chi connectivity index (χ1v) is 7.30. The Balaban J connectivity index is 1.47. The average Bonchev–Trinajstić information content (AvgIpc) is 2.88. The monoisotopic (exact) mass is 258 g/mol. The van der Waals surface area contributed by atoms with Gasteiger partial charge < -0.3 is 15.1 Å². The molecule has 1 saturated heterocycles. The summed E-state index contributed by atoms with van der Waals surface area (Å²) in [4.78, 5) is 0. The summed E-state index contributed by atoms with van der Waals surface area (Å²) in [6, 6.07) is 8.22. The van der Waals surface area contributed by atoms with E-state index in [4.69, 9.17) is 4.42 Å². The number of benzene rings is 1. The lowest BCUT2D eigenvalue weighted by atomic mass is 9.96. The van der Waals surface area contributed by atoms with Crippen LogP contribution in [0.2, 0.25) is 0 Å². The molecule has 1 aromatic heterocycles. The molecule has 0 amide bonds. The van der Waals surface area contributed by atoms with Crippen LogP contribution in [0.3, 0.4) is 0 Å². The maximum atomic E-state index is 5.55. The fraction of sp³-hybridized carbons (Fsp3) is 0.500. The van der Waals surface area contributed by atoms with Crippen LogP contribution in [0.25, 0.3) is 11.0 Å². The second-order valence-electron chi connectivity index (χ2n) is 5.43. The zero-order valence-electron chi connectivity index (χ0n) is 11.3. The molecule has 0 spiro atoms. The predicted octanol–water partition coefficient (Wildman–Crippen LogP) is 2.91. The van der Waals surface area contributed by atoms with Gasteiger partial charge in [-0.15, -0.1) is 0 Å². The number of fused-ring (bicyclic) bond motifs is 1. The lowest BCUT2D eigenvalue weighted by Gasteiger charge is -2.22. The predicted molar refractivity (Wildman–Crippen MR) is 78.1 cm³/mol. The number of rotatable bonds is 5. The molecule has 1 unspecified atom stereocenters. The highest BCUT2D eigenvalue weighted by molar-refractivity contribution is 5.80. The molecule has 1 aliphatic rings. The van der Waals surface area contributed by atoms with Gasteiger partial charge in [-0.2, -0.15) is 0 Å². The third-order valence-corrected chi connectivity index (χ3v) is 4.00. The summed E-state index contributed by atoms with van der Waals surface area (Å²) in [5.41, 5.74) is 2.24. The molecule has 2 aromatic rings. The molecule has 3 heteroatoms. The van der Waals surface area contributed by atoms with Crippen molar-refractivity contribution >= 4 is 11.0 Å². The van der Waals surface area contributed by atoms with E-state index in [9.17, 15) is 0 Å². The molecule has 1 fully saturated rings. The molecule has 2 heterocycles. The van der Waals surface area contributed by atoms with Crippen LogP contribution in [0.15, 0.2) is 34.9 Å². The van der Waals surface area contributed by atoms with Gasteiger partial charge in [0.1, 0.15) is 5.58 Å². The number of hydrogen-bond donors (Lipinski definition) is 2. The molecule has 0 saturated carbocycles. The zero-order chi connectivity index (χ0) is 12.9. The lowest BCUT2D eigenvalue weighted by molar-refractivity contribution is 0.352. The van der Waals surface area contributed by atoms with E-state index < -0.39 is 0 Å². The Hall–Kier alpha value is -1.32. The third-order valence-electron chi connectivity index (χ3n) is 4.00. The molecule has 0 radical (unpaired) electrons. The highest BCUT2D eigenvalue weighted by Gasteiger charge is 2.12. The fourth-order valence-corrected chi connectivity index (χ4v) is 2.87. The van der Waals surface area contributed by atoms with Crippen LogP contribution in [0.4, 0.5) is 0 Å². The van der Waals surface area contributed by atoms with Crippen molar-refractivity contribution in [3.8, 4) is 0 Å². The maximum absolute atomic E-state index is 5.55. The minimum Gasteiger partial charge on any atom is -0.464 e. The van der Waals surface area contributed by atoms with E-state index in [0.29, 0.717) is 0 Å². The summed E-state index contributed by atoms with van der Waals surface area (Å²) < 4.78 is 5.55. The van der Waals surface area contributed by atoms with Gasteiger partial charge in [0.2, 0.25) is 0 Å². The average molecular weight is 258 g/mol. The fourth-order valence-electron chi connectivity index (χ4n) is 2.87. The number of para-hydroxylation sites is 1. The van der Waals surface area contributed by atoms with Gasteiger partial charge in [0, 0.05) is 17.5 Å². The standard InChI is InChI=1S/C16H22N2O/c1-2-6-16-15(5-1)14(12-19-16)11-18-9-7-13-4-3-8-17-10-13/h1-2,5-6,12-13,17-18H,3-4,7-11H2. The Morgan fingerprint density at radius 3 is 3.16 bits per heavy atom. The van der Waals surface area contributed by atoms with Crippen molar-refractivity contribution in [1.82, 2.24) is 10.6 Å². The molecular weight excluding hydrogens is 236 g/mol. The van der Waals surface area contributed by atoms with E-state index in [1.54, 1.807) is 0 Å². The number of piperidine rings is 1. The molecule has 3 rings (SSSR count). The summed E-state index contributed by atoms with van der Waals surface area (Å²) in [7, 11) is 0. The molecule has 19 heavy (non-hydrogen) atoms. The SMILES string of the molecule is c1ccc2c(CNCCC3CCCNC3)coc2c1. The summed E-state index contributed by atoms with van der Waals surface area (Å²) in [5.74, 6) is 0.849. The molecular formula is C16H22N2O. The maximum Gasteiger partial charge on any atom is 0.134 e. The Morgan fingerprint density at radius 2 is 2.26 bits per heavy atom. The molecule has 1 aromatic carbocycles. The van der Waals surface area contributed by atoms with E-state index in [-0.39, 0.29) is 0 Å². The van der Waals surface area contributed by atoms with Crippen LogP contribution in [0, 0.1) is 5.92 Å². The number of hydrogen-bond acceptors (Lipinski definition) is 3. The van der Waals surface area contributed by atoms with Gasteiger partial charge in [0.05, 0.1) is 6.26 Å². The van der Waals surface area contributed by atoms with Gasteiger partial charge >= 0.3 is 0 Å². The van der Waals surface area contributed by atoms with Gasteiger partial charge in [-0.05, 0) is 50.9 Å². The van der Waals surface area contributed by atoms with E-state index in [1.165, 1.54) is 43.3 Å².